The first-order valence-electron chi connectivity index (χ1n) is 7.82. The fraction of sp³-hybridized carbons (Fsp3) is 0.294. The number of pyridine rings is 1. The van der Waals surface area contributed by atoms with E-state index in [9.17, 15) is 13.4 Å². The molecule has 1 N–H and O–H groups in total. The Bertz CT molecular complexity index is 877. The van der Waals surface area contributed by atoms with E-state index in [2.05, 4.69) is 9.71 Å². The minimum absolute atomic E-state index is 0.0983. The van der Waals surface area contributed by atoms with Gasteiger partial charge in [-0.15, -0.1) is 0 Å². The van der Waals surface area contributed by atoms with Gasteiger partial charge >= 0.3 is 0 Å². The molecule has 138 valence electrons. The Hall–Kier alpha value is -2.68. The van der Waals surface area contributed by atoms with E-state index >= 15 is 0 Å². The van der Waals surface area contributed by atoms with Crippen LogP contribution in [-0.2, 0) is 11.0 Å². The SMILES string of the molecule is COc1ccc(F)cc1S(=O)Nc1cnc2c(c1)C(=O)N(C)C(C)CO2. The zero-order valence-corrected chi connectivity index (χ0v) is 15.3. The molecule has 0 bridgehead atoms. The van der Waals surface area contributed by atoms with Gasteiger partial charge in [0.05, 0.1) is 25.0 Å². The third kappa shape index (κ3) is 3.48. The van der Waals surface area contributed by atoms with Gasteiger partial charge in [0.2, 0.25) is 5.88 Å². The second-order valence-corrected chi connectivity index (χ2v) is 7.00. The maximum Gasteiger partial charge on any atom is 0.259 e. The van der Waals surface area contributed by atoms with Crippen molar-refractivity contribution in [2.45, 2.75) is 17.9 Å². The van der Waals surface area contributed by atoms with Gasteiger partial charge in [0.15, 0.2) is 11.0 Å². The summed E-state index contributed by atoms with van der Waals surface area (Å²) in [5.74, 6) is -0.260. The van der Waals surface area contributed by atoms with Crippen LogP contribution in [0, 0.1) is 5.82 Å². The van der Waals surface area contributed by atoms with Crippen LogP contribution in [0.2, 0.25) is 0 Å². The van der Waals surface area contributed by atoms with Crippen LogP contribution >= 0.6 is 0 Å². The smallest absolute Gasteiger partial charge is 0.259 e. The standard InChI is InChI=1S/C17H18FN3O4S/c1-10-9-25-16-13(17(22)21(10)2)7-12(8-19-16)20-26(23)15-6-11(18)4-5-14(15)24-3/h4-8,10,20H,9H2,1-3H3. The van der Waals surface area contributed by atoms with E-state index < -0.39 is 16.8 Å². The number of amides is 1. The van der Waals surface area contributed by atoms with Crippen molar-refractivity contribution in [1.29, 1.82) is 0 Å². The van der Waals surface area contributed by atoms with Crippen molar-refractivity contribution in [2.24, 2.45) is 0 Å². The second kappa shape index (κ2) is 7.28. The molecule has 0 saturated heterocycles. The van der Waals surface area contributed by atoms with Gasteiger partial charge in [-0.05, 0) is 31.2 Å². The van der Waals surface area contributed by atoms with Crippen LogP contribution in [0.4, 0.5) is 10.1 Å². The fourth-order valence-corrected chi connectivity index (χ4v) is 3.42. The number of carbonyl (C=O) groups is 1. The number of hydrogen-bond acceptors (Lipinski definition) is 5. The Morgan fingerprint density at radius 3 is 2.92 bits per heavy atom. The van der Waals surface area contributed by atoms with Crippen LogP contribution in [0.5, 0.6) is 11.6 Å². The van der Waals surface area contributed by atoms with Gasteiger partial charge in [-0.1, -0.05) is 0 Å². The zero-order chi connectivity index (χ0) is 18.8. The summed E-state index contributed by atoms with van der Waals surface area (Å²) in [6.07, 6.45) is 1.41. The number of benzene rings is 1. The minimum Gasteiger partial charge on any atom is -0.495 e. The van der Waals surface area contributed by atoms with Crippen molar-refractivity contribution in [3.8, 4) is 11.6 Å². The Morgan fingerprint density at radius 2 is 2.19 bits per heavy atom. The molecule has 0 radical (unpaired) electrons. The number of aromatic nitrogens is 1. The van der Waals surface area contributed by atoms with Gasteiger partial charge in [0, 0.05) is 7.05 Å². The number of methoxy groups -OCH3 is 1. The third-order valence-electron chi connectivity index (χ3n) is 4.06. The third-order valence-corrected chi connectivity index (χ3v) is 5.20. The van der Waals surface area contributed by atoms with E-state index in [1.54, 1.807) is 11.9 Å². The number of likely N-dealkylation sites (N-methyl/N-ethyl adjacent to an activating group) is 1. The molecule has 2 unspecified atom stereocenters. The lowest BCUT2D eigenvalue weighted by Crippen LogP contribution is -2.36. The summed E-state index contributed by atoms with van der Waals surface area (Å²) in [5.41, 5.74) is 0.610. The van der Waals surface area contributed by atoms with E-state index in [1.165, 1.54) is 31.5 Å². The van der Waals surface area contributed by atoms with Gasteiger partial charge in [0.25, 0.3) is 5.91 Å². The maximum atomic E-state index is 13.5. The Kier molecular flexibility index (Phi) is 5.08. The van der Waals surface area contributed by atoms with Crippen molar-refractivity contribution < 1.29 is 22.9 Å². The number of fused-ring (bicyclic) bond motifs is 1. The fourth-order valence-electron chi connectivity index (χ4n) is 2.44. The predicted octanol–water partition coefficient (Wildman–Crippen LogP) is 2.22. The van der Waals surface area contributed by atoms with Crippen molar-refractivity contribution in [2.75, 3.05) is 25.5 Å². The summed E-state index contributed by atoms with van der Waals surface area (Å²) in [4.78, 5) is 18.4. The molecular formula is C17H18FN3O4S. The van der Waals surface area contributed by atoms with Crippen LogP contribution in [-0.4, -0.2) is 46.8 Å². The topological polar surface area (TPSA) is 80.8 Å². The lowest BCUT2D eigenvalue weighted by atomic mass is 10.2. The Labute approximate surface area is 152 Å². The quantitative estimate of drug-likeness (QED) is 0.881. The van der Waals surface area contributed by atoms with E-state index in [-0.39, 0.29) is 34.0 Å². The molecule has 2 aromatic rings. The molecule has 0 fully saturated rings. The molecule has 1 aromatic heterocycles. The van der Waals surface area contributed by atoms with Gasteiger partial charge in [0.1, 0.15) is 28.6 Å². The number of ether oxygens (including phenoxy) is 2. The summed E-state index contributed by atoms with van der Waals surface area (Å²) in [6, 6.07) is 5.16. The number of halogens is 1. The molecule has 7 nitrogen and oxygen atoms in total. The molecule has 0 saturated carbocycles. The number of rotatable bonds is 4. The highest BCUT2D eigenvalue weighted by molar-refractivity contribution is 7.86. The summed E-state index contributed by atoms with van der Waals surface area (Å²) >= 11 is 0. The van der Waals surface area contributed by atoms with Gasteiger partial charge < -0.3 is 14.4 Å². The number of hydrogen-bond donors (Lipinski definition) is 1. The maximum absolute atomic E-state index is 13.5. The molecule has 0 spiro atoms. The second-order valence-electron chi connectivity index (χ2n) is 5.82. The van der Waals surface area contributed by atoms with Crippen molar-refractivity contribution in [3.63, 3.8) is 0 Å². The molecule has 2 heterocycles. The highest BCUT2D eigenvalue weighted by atomic mass is 32.2. The Morgan fingerprint density at radius 1 is 1.42 bits per heavy atom. The first kappa shape index (κ1) is 18.1. The molecule has 9 heteroatoms. The van der Waals surface area contributed by atoms with Crippen LogP contribution in [0.15, 0.2) is 35.4 Å². The number of nitrogens with zero attached hydrogens (tertiary/aromatic N) is 2. The summed E-state index contributed by atoms with van der Waals surface area (Å²) in [7, 11) is 1.28. The lowest BCUT2D eigenvalue weighted by Gasteiger charge is -2.20. The molecule has 3 rings (SSSR count). The summed E-state index contributed by atoms with van der Waals surface area (Å²) in [6.45, 7) is 2.20. The van der Waals surface area contributed by atoms with E-state index in [0.29, 0.717) is 12.3 Å². The molecule has 0 aliphatic carbocycles. The molecule has 1 amide bonds. The Balaban J connectivity index is 1.89. The predicted molar refractivity (Wildman–Crippen MR) is 94.3 cm³/mol. The lowest BCUT2D eigenvalue weighted by molar-refractivity contribution is 0.0732. The monoisotopic (exact) mass is 379 g/mol. The van der Waals surface area contributed by atoms with E-state index in [0.717, 1.165) is 6.07 Å². The van der Waals surface area contributed by atoms with Crippen molar-refractivity contribution in [3.05, 3.63) is 41.8 Å². The summed E-state index contributed by atoms with van der Waals surface area (Å²) < 4.78 is 39.4. The average Bonchev–Trinajstić information content (AvgIpc) is 2.74. The highest BCUT2D eigenvalue weighted by Gasteiger charge is 2.27. The molecule has 1 aliphatic heterocycles. The van der Waals surface area contributed by atoms with Crippen LogP contribution in [0.3, 0.4) is 0 Å². The number of anilines is 1. The average molecular weight is 379 g/mol. The van der Waals surface area contributed by atoms with E-state index in [1.807, 2.05) is 6.92 Å². The van der Waals surface area contributed by atoms with Gasteiger partial charge in [-0.3, -0.25) is 9.52 Å². The van der Waals surface area contributed by atoms with Crippen LogP contribution < -0.4 is 14.2 Å². The van der Waals surface area contributed by atoms with Crippen molar-refractivity contribution in [1.82, 2.24) is 9.88 Å². The highest BCUT2D eigenvalue weighted by Crippen LogP contribution is 2.27. The summed E-state index contributed by atoms with van der Waals surface area (Å²) in [5, 5.41) is 0. The molecule has 1 aromatic carbocycles. The largest absolute Gasteiger partial charge is 0.495 e. The molecular weight excluding hydrogens is 361 g/mol. The van der Waals surface area contributed by atoms with Crippen LogP contribution in [0.1, 0.15) is 17.3 Å². The van der Waals surface area contributed by atoms with Gasteiger partial charge in [-0.2, -0.15) is 0 Å². The van der Waals surface area contributed by atoms with Crippen molar-refractivity contribution >= 4 is 22.6 Å². The minimum atomic E-state index is -1.81. The zero-order valence-electron chi connectivity index (χ0n) is 14.5. The van der Waals surface area contributed by atoms with Gasteiger partial charge in [-0.25, -0.2) is 13.6 Å². The molecule has 2 atom stereocenters. The van der Waals surface area contributed by atoms with E-state index in [4.69, 9.17) is 9.47 Å². The van der Waals surface area contributed by atoms with Crippen LogP contribution in [0.25, 0.3) is 0 Å². The first-order valence-corrected chi connectivity index (χ1v) is 8.97. The molecule has 26 heavy (non-hydrogen) atoms. The molecule has 1 aliphatic rings. The first-order chi connectivity index (χ1) is 12.4. The number of carbonyl (C=O) groups excluding carboxylic acids is 1. The number of nitrogens with one attached hydrogen (secondary N) is 1. The normalized spacial score (nSPS) is 17.8.